The van der Waals surface area contributed by atoms with Crippen LogP contribution in [0.3, 0.4) is 0 Å². The van der Waals surface area contributed by atoms with E-state index < -0.39 is 6.10 Å². The lowest BCUT2D eigenvalue weighted by Gasteiger charge is -2.34. The van der Waals surface area contributed by atoms with E-state index in [1.165, 1.54) is 5.56 Å². The van der Waals surface area contributed by atoms with Crippen molar-refractivity contribution in [3.8, 4) is 0 Å². The summed E-state index contributed by atoms with van der Waals surface area (Å²) in [5.74, 6) is 0.152. The molecule has 0 unspecified atom stereocenters. The number of nitrogens with zero attached hydrogens (tertiary/aromatic N) is 3. The number of carbonyl (C=O) groups is 1. The van der Waals surface area contributed by atoms with Crippen molar-refractivity contribution in [2.24, 2.45) is 0 Å². The topological polar surface area (TPSA) is 47.0 Å². The lowest BCUT2D eigenvalue weighted by molar-refractivity contribution is -0.134. The first-order valence-electron chi connectivity index (χ1n) is 9.33. The van der Waals surface area contributed by atoms with Gasteiger partial charge in [0.1, 0.15) is 0 Å². The zero-order valence-corrected chi connectivity index (χ0v) is 15.7. The number of rotatable bonds is 6. The summed E-state index contributed by atoms with van der Waals surface area (Å²) in [5, 5.41) is 10.4. The highest BCUT2D eigenvalue weighted by molar-refractivity contribution is 5.91. The molecule has 138 valence electrons. The molecule has 1 aromatic rings. The van der Waals surface area contributed by atoms with Crippen LogP contribution in [0.2, 0.25) is 0 Å². The molecule has 0 bridgehead atoms. The minimum absolute atomic E-state index is 0.152. The number of piperazine rings is 1. The maximum Gasteiger partial charge on any atom is 0.233 e. The summed E-state index contributed by atoms with van der Waals surface area (Å²) in [6.45, 7) is 7.17. The predicted molar refractivity (Wildman–Crippen MR) is 99.7 cm³/mol. The van der Waals surface area contributed by atoms with Gasteiger partial charge in [-0.05, 0) is 37.9 Å². The van der Waals surface area contributed by atoms with Crippen LogP contribution < -0.4 is 0 Å². The van der Waals surface area contributed by atoms with Crippen molar-refractivity contribution in [1.82, 2.24) is 14.7 Å². The van der Waals surface area contributed by atoms with Gasteiger partial charge in [0.2, 0.25) is 5.91 Å². The third kappa shape index (κ3) is 4.05. The van der Waals surface area contributed by atoms with Crippen LogP contribution in [0.4, 0.5) is 0 Å². The summed E-state index contributed by atoms with van der Waals surface area (Å²) in [4.78, 5) is 19.4. The highest BCUT2D eigenvalue weighted by Crippen LogP contribution is 2.50. The van der Waals surface area contributed by atoms with Crippen molar-refractivity contribution >= 4 is 5.91 Å². The number of β-amino-alcohol motifs (C(OH)–C–C–N with tert-alkyl or cyclic N) is 1. The second kappa shape index (κ2) is 7.44. The minimum atomic E-state index is -0.495. The Labute approximate surface area is 151 Å². The Morgan fingerprint density at radius 1 is 1.24 bits per heavy atom. The standard InChI is InChI=1S/C20H31N3O2/c1-16-6-4-5-7-18(16)20(8-9-20)19(25)22(3)14-17(24)15-23-12-10-21(2)11-13-23/h4-7,17,24H,8-15H2,1-3H3/t17-/m1/s1. The number of amides is 1. The average molecular weight is 345 g/mol. The van der Waals surface area contributed by atoms with E-state index >= 15 is 0 Å². The molecule has 1 atom stereocenters. The lowest BCUT2D eigenvalue weighted by atomic mass is 9.90. The fourth-order valence-electron chi connectivity index (χ4n) is 3.98. The Balaban J connectivity index is 1.57. The first-order chi connectivity index (χ1) is 11.9. The number of benzene rings is 1. The maximum atomic E-state index is 13.0. The number of hydrogen-bond acceptors (Lipinski definition) is 4. The van der Waals surface area contributed by atoms with E-state index in [-0.39, 0.29) is 11.3 Å². The van der Waals surface area contributed by atoms with Crippen molar-refractivity contribution < 1.29 is 9.90 Å². The summed E-state index contributed by atoms with van der Waals surface area (Å²) < 4.78 is 0. The van der Waals surface area contributed by atoms with Crippen molar-refractivity contribution in [3.05, 3.63) is 35.4 Å². The molecule has 1 heterocycles. The van der Waals surface area contributed by atoms with Gasteiger partial charge in [0.25, 0.3) is 0 Å². The lowest BCUT2D eigenvalue weighted by Crippen LogP contribution is -2.49. The van der Waals surface area contributed by atoms with Crippen LogP contribution in [0, 0.1) is 6.92 Å². The second-order valence-corrected chi connectivity index (χ2v) is 7.84. The molecule has 1 saturated heterocycles. The van der Waals surface area contributed by atoms with Crippen molar-refractivity contribution in [1.29, 1.82) is 0 Å². The molecule has 3 rings (SSSR count). The summed E-state index contributed by atoms with van der Waals surface area (Å²) in [6.07, 6.45) is 1.33. The van der Waals surface area contributed by atoms with Gasteiger partial charge in [-0.15, -0.1) is 0 Å². The van der Waals surface area contributed by atoms with Crippen LogP contribution in [0.1, 0.15) is 24.0 Å². The van der Waals surface area contributed by atoms with E-state index in [0.717, 1.165) is 44.6 Å². The monoisotopic (exact) mass is 345 g/mol. The average Bonchev–Trinajstić information content (AvgIpc) is 3.38. The van der Waals surface area contributed by atoms with E-state index in [1.54, 1.807) is 4.90 Å². The molecule has 0 spiro atoms. The maximum absolute atomic E-state index is 13.0. The van der Waals surface area contributed by atoms with Crippen LogP contribution in [0.15, 0.2) is 24.3 Å². The Bertz CT molecular complexity index is 607. The first-order valence-corrected chi connectivity index (χ1v) is 9.33. The molecule has 1 amide bonds. The summed E-state index contributed by atoms with van der Waals surface area (Å²) in [6, 6.07) is 8.18. The predicted octanol–water partition coefficient (Wildman–Crippen LogP) is 1.09. The fourth-order valence-corrected chi connectivity index (χ4v) is 3.98. The van der Waals surface area contributed by atoms with Gasteiger partial charge < -0.3 is 14.9 Å². The summed E-state index contributed by atoms with van der Waals surface area (Å²) in [7, 11) is 3.95. The van der Waals surface area contributed by atoms with Gasteiger partial charge in [0.15, 0.2) is 0 Å². The van der Waals surface area contributed by atoms with Gasteiger partial charge in [0, 0.05) is 46.3 Å². The molecule has 0 aromatic heterocycles. The fraction of sp³-hybridized carbons (Fsp3) is 0.650. The molecular formula is C20H31N3O2. The molecule has 1 aliphatic heterocycles. The van der Waals surface area contributed by atoms with Gasteiger partial charge >= 0.3 is 0 Å². The molecule has 2 aliphatic rings. The van der Waals surface area contributed by atoms with E-state index in [0.29, 0.717) is 13.1 Å². The summed E-state index contributed by atoms with van der Waals surface area (Å²) >= 11 is 0. The number of carbonyl (C=O) groups excluding carboxylic acids is 1. The van der Waals surface area contributed by atoms with Gasteiger partial charge in [-0.3, -0.25) is 9.69 Å². The highest BCUT2D eigenvalue weighted by Gasteiger charge is 2.53. The Morgan fingerprint density at radius 3 is 2.48 bits per heavy atom. The largest absolute Gasteiger partial charge is 0.390 e. The Hall–Kier alpha value is -1.43. The molecule has 2 fully saturated rings. The minimum Gasteiger partial charge on any atom is -0.390 e. The van der Waals surface area contributed by atoms with E-state index in [4.69, 9.17) is 0 Å². The third-order valence-corrected chi connectivity index (χ3v) is 5.72. The van der Waals surface area contributed by atoms with Gasteiger partial charge in [-0.1, -0.05) is 24.3 Å². The van der Waals surface area contributed by atoms with Crippen LogP contribution in [-0.2, 0) is 10.2 Å². The van der Waals surface area contributed by atoms with Crippen molar-refractivity contribution in [2.45, 2.75) is 31.3 Å². The number of likely N-dealkylation sites (N-methyl/N-ethyl adjacent to an activating group) is 2. The first kappa shape index (κ1) is 18.4. The van der Waals surface area contributed by atoms with Crippen LogP contribution >= 0.6 is 0 Å². The molecule has 5 heteroatoms. The SMILES string of the molecule is Cc1ccccc1C1(C(=O)N(C)C[C@@H](O)CN2CCN(C)CC2)CC1. The van der Waals surface area contributed by atoms with Crippen LogP contribution in [0.25, 0.3) is 0 Å². The highest BCUT2D eigenvalue weighted by atomic mass is 16.3. The third-order valence-electron chi connectivity index (χ3n) is 5.72. The van der Waals surface area contributed by atoms with Crippen molar-refractivity contribution in [2.75, 3.05) is 53.4 Å². The Kier molecular flexibility index (Phi) is 5.46. The van der Waals surface area contributed by atoms with Crippen LogP contribution in [-0.4, -0.2) is 85.2 Å². The van der Waals surface area contributed by atoms with Crippen molar-refractivity contribution in [3.63, 3.8) is 0 Å². The van der Waals surface area contributed by atoms with E-state index in [1.807, 2.05) is 19.2 Å². The van der Waals surface area contributed by atoms with Crippen LogP contribution in [0.5, 0.6) is 0 Å². The zero-order chi connectivity index (χ0) is 18.0. The zero-order valence-electron chi connectivity index (χ0n) is 15.7. The number of hydrogen-bond donors (Lipinski definition) is 1. The quantitative estimate of drug-likeness (QED) is 0.839. The van der Waals surface area contributed by atoms with E-state index in [2.05, 4.69) is 35.9 Å². The smallest absolute Gasteiger partial charge is 0.233 e. The number of aliphatic hydroxyl groups excluding tert-OH is 1. The molecule has 1 N–H and O–H groups in total. The number of aliphatic hydroxyl groups is 1. The number of aryl methyl sites for hydroxylation is 1. The van der Waals surface area contributed by atoms with Gasteiger partial charge in [0.05, 0.1) is 11.5 Å². The normalized spacial score (nSPS) is 21.8. The Morgan fingerprint density at radius 2 is 1.88 bits per heavy atom. The molecule has 1 saturated carbocycles. The molecular weight excluding hydrogens is 314 g/mol. The molecule has 0 radical (unpaired) electrons. The molecule has 5 nitrogen and oxygen atoms in total. The van der Waals surface area contributed by atoms with Gasteiger partial charge in [-0.2, -0.15) is 0 Å². The summed E-state index contributed by atoms with van der Waals surface area (Å²) in [5.41, 5.74) is 1.98. The van der Waals surface area contributed by atoms with Gasteiger partial charge in [-0.25, -0.2) is 0 Å². The second-order valence-electron chi connectivity index (χ2n) is 7.84. The van der Waals surface area contributed by atoms with E-state index in [9.17, 15) is 9.90 Å². The molecule has 25 heavy (non-hydrogen) atoms. The molecule has 1 aromatic carbocycles. The molecule has 1 aliphatic carbocycles.